The highest BCUT2D eigenvalue weighted by Crippen LogP contribution is 2.36. The summed E-state index contributed by atoms with van der Waals surface area (Å²) in [7, 11) is 1.35. The van der Waals surface area contributed by atoms with Gasteiger partial charge in [0.05, 0.1) is 0 Å². The number of carbonyl (C=O) groups excluding carboxylic acids is 3. The summed E-state index contributed by atoms with van der Waals surface area (Å²) in [4.78, 5) is 37.0. The van der Waals surface area contributed by atoms with Crippen molar-refractivity contribution in [3.8, 4) is 11.8 Å². The lowest BCUT2D eigenvalue weighted by atomic mass is 9.71. The number of carbonyl (C=O) groups is 3. The van der Waals surface area contributed by atoms with E-state index in [1.54, 1.807) is 6.92 Å². The minimum Gasteiger partial charge on any atom is -0.277 e. The molecule has 5 heteroatoms. The van der Waals surface area contributed by atoms with Crippen LogP contribution in [0.4, 0.5) is 4.79 Å². The molecule has 0 unspecified atom stereocenters. The maximum absolute atomic E-state index is 12.4. The van der Waals surface area contributed by atoms with Gasteiger partial charge in [0.25, 0.3) is 0 Å². The molecule has 1 rings (SSSR count). The molecule has 0 aromatic carbocycles. The summed E-state index contributed by atoms with van der Waals surface area (Å²) < 4.78 is 0. The van der Waals surface area contributed by atoms with Gasteiger partial charge in [-0.15, -0.1) is 12.5 Å². The number of nitrogens with one attached hydrogen (secondary N) is 1. The van der Waals surface area contributed by atoms with Crippen molar-refractivity contribution in [2.24, 2.45) is 11.3 Å². The van der Waals surface area contributed by atoms with Gasteiger partial charge in [-0.1, -0.05) is 18.9 Å². The van der Waals surface area contributed by atoms with Gasteiger partial charge < -0.3 is 0 Å². The lowest BCUT2D eigenvalue weighted by molar-refractivity contribution is -0.152. The van der Waals surface area contributed by atoms with Crippen LogP contribution < -0.4 is 5.32 Å². The fourth-order valence-electron chi connectivity index (χ4n) is 2.13. The molecule has 0 aromatic rings. The second kappa shape index (κ2) is 5.70. The van der Waals surface area contributed by atoms with Crippen molar-refractivity contribution in [2.45, 2.75) is 26.7 Å². The number of hydrogen-bond donors (Lipinski definition) is 1. The summed E-state index contributed by atoms with van der Waals surface area (Å²) in [6.07, 6.45) is 2.29. The molecular weight excluding hydrogens is 244 g/mol. The molecular formula is C14H18N2O3. The third kappa shape index (κ3) is 2.39. The molecule has 1 heterocycles. The van der Waals surface area contributed by atoms with Gasteiger partial charge in [-0.2, -0.15) is 0 Å². The Balaban J connectivity index is 3.30. The van der Waals surface area contributed by atoms with E-state index in [2.05, 4.69) is 23.7 Å². The molecule has 19 heavy (non-hydrogen) atoms. The molecule has 1 fully saturated rings. The average Bonchev–Trinajstić information content (AvgIpc) is 2.38. The zero-order valence-corrected chi connectivity index (χ0v) is 11.4. The molecule has 0 spiro atoms. The molecule has 2 atom stereocenters. The van der Waals surface area contributed by atoms with Crippen molar-refractivity contribution < 1.29 is 14.4 Å². The molecule has 1 aliphatic heterocycles. The van der Waals surface area contributed by atoms with Crippen LogP contribution in [-0.2, 0) is 9.59 Å². The van der Waals surface area contributed by atoms with Gasteiger partial charge in [-0.3, -0.25) is 19.8 Å². The molecule has 0 radical (unpaired) electrons. The Morgan fingerprint density at radius 3 is 2.63 bits per heavy atom. The highest BCUT2D eigenvalue weighted by atomic mass is 16.2. The number of urea groups is 1. The molecule has 1 saturated heterocycles. The number of barbiturate groups is 1. The normalized spacial score (nSPS) is 24.4. The van der Waals surface area contributed by atoms with Crippen LogP contribution in [0.25, 0.3) is 0 Å². The van der Waals surface area contributed by atoms with Gasteiger partial charge in [0.1, 0.15) is 5.41 Å². The standard InChI is InChI=1S/C14H18N2O3/c1-5-7-8-10(3)14(9-6-2)11(17)15-13(19)16(4)12(14)18/h6,10H,2,5,9H2,1,3-4H3,(H,15,17,19)/t10-,14+/m1/s1. The number of amides is 4. The Morgan fingerprint density at radius 2 is 2.11 bits per heavy atom. The zero-order valence-electron chi connectivity index (χ0n) is 11.4. The van der Waals surface area contributed by atoms with Crippen molar-refractivity contribution in [3.63, 3.8) is 0 Å². The van der Waals surface area contributed by atoms with E-state index >= 15 is 0 Å². The maximum atomic E-state index is 12.4. The van der Waals surface area contributed by atoms with E-state index in [1.165, 1.54) is 13.1 Å². The van der Waals surface area contributed by atoms with E-state index in [1.807, 2.05) is 6.92 Å². The fraction of sp³-hybridized carbons (Fsp3) is 0.500. The zero-order chi connectivity index (χ0) is 14.6. The molecule has 1 aliphatic rings. The quantitative estimate of drug-likeness (QED) is 0.473. The number of nitrogens with zero attached hydrogens (tertiary/aromatic N) is 1. The Kier molecular flexibility index (Phi) is 4.49. The minimum atomic E-state index is -1.37. The highest BCUT2D eigenvalue weighted by molar-refractivity contribution is 6.19. The molecule has 4 amide bonds. The Labute approximate surface area is 113 Å². The van der Waals surface area contributed by atoms with E-state index in [9.17, 15) is 14.4 Å². The van der Waals surface area contributed by atoms with E-state index in [-0.39, 0.29) is 6.42 Å². The van der Waals surface area contributed by atoms with Crippen molar-refractivity contribution >= 4 is 17.8 Å². The second-order valence-electron chi connectivity index (χ2n) is 4.48. The number of imide groups is 2. The van der Waals surface area contributed by atoms with Crippen LogP contribution in [0, 0.1) is 23.2 Å². The van der Waals surface area contributed by atoms with Crippen molar-refractivity contribution in [1.82, 2.24) is 10.2 Å². The van der Waals surface area contributed by atoms with Crippen molar-refractivity contribution in [3.05, 3.63) is 12.7 Å². The van der Waals surface area contributed by atoms with E-state index in [4.69, 9.17) is 0 Å². The topological polar surface area (TPSA) is 66.5 Å². The SMILES string of the molecule is C=CC[C@]1([C@H](C)C#CCC)C(=O)NC(=O)N(C)C1=O. The molecule has 0 bridgehead atoms. The average molecular weight is 262 g/mol. The van der Waals surface area contributed by atoms with Gasteiger partial charge in [0.2, 0.25) is 11.8 Å². The molecule has 0 saturated carbocycles. The smallest absolute Gasteiger partial charge is 0.277 e. The fourth-order valence-corrected chi connectivity index (χ4v) is 2.13. The van der Waals surface area contributed by atoms with E-state index in [0.717, 1.165) is 4.90 Å². The first-order valence-electron chi connectivity index (χ1n) is 6.14. The summed E-state index contributed by atoms with van der Waals surface area (Å²) in [5.74, 6) is 4.16. The predicted octanol–water partition coefficient (Wildman–Crippen LogP) is 1.31. The number of hydrogen-bond acceptors (Lipinski definition) is 3. The van der Waals surface area contributed by atoms with Gasteiger partial charge >= 0.3 is 6.03 Å². The molecule has 1 N–H and O–H groups in total. The second-order valence-corrected chi connectivity index (χ2v) is 4.48. The summed E-state index contributed by atoms with van der Waals surface area (Å²) in [5.41, 5.74) is -1.37. The van der Waals surface area contributed by atoms with E-state index < -0.39 is 29.2 Å². The number of allylic oxidation sites excluding steroid dienone is 1. The Morgan fingerprint density at radius 1 is 1.47 bits per heavy atom. The van der Waals surface area contributed by atoms with Gasteiger partial charge in [0, 0.05) is 19.4 Å². The Hall–Kier alpha value is -2.09. The predicted molar refractivity (Wildman–Crippen MR) is 70.8 cm³/mol. The van der Waals surface area contributed by atoms with Crippen LogP contribution in [-0.4, -0.2) is 29.8 Å². The maximum Gasteiger partial charge on any atom is 0.330 e. The third-order valence-corrected chi connectivity index (χ3v) is 3.32. The van der Waals surface area contributed by atoms with Crippen molar-refractivity contribution in [2.75, 3.05) is 7.05 Å². The lowest BCUT2D eigenvalue weighted by Gasteiger charge is -2.39. The van der Waals surface area contributed by atoms with Gasteiger partial charge in [-0.05, 0) is 13.3 Å². The number of rotatable bonds is 3. The van der Waals surface area contributed by atoms with Crippen LogP contribution in [0.2, 0.25) is 0 Å². The summed E-state index contributed by atoms with van der Waals surface area (Å²) in [6, 6.07) is -0.703. The van der Waals surface area contributed by atoms with Crippen LogP contribution in [0.1, 0.15) is 26.7 Å². The van der Waals surface area contributed by atoms with Crippen molar-refractivity contribution in [1.29, 1.82) is 0 Å². The summed E-state index contributed by atoms with van der Waals surface area (Å²) in [5, 5.41) is 2.20. The van der Waals surface area contributed by atoms with Crippen LogP contribution in [0.5, 0.6) is 0 Å². The monoisotopic (exact) mass is 262 g/mol. The van der Waals surface area contributed by atoms with Gasteiger partial charge in [0.15, 0.2) is 0 Å². The molecule has 5 nitrogen and oxygen atoms in total. The first-order valence-corrected chi connectivity index (χ1v) is 6.14. The molecule has 0 aliphatic carbocycles. The lowest BCUT2D eigenvalue weighted by Crippen LogP contribution is -2.64. The molecule has 102 valence electrons. The highest BCUT2D eigenvalue weighted by Gasteiger charge is 2.55. The van der Waals surface area contributed by atoms with Crippen LogP contribution in [0.3, 0.4) is 0 Å². The van der Waals surface area contributed by atoms with Crippen LogP contribution in [0.15, 0.2) is 12.7 Å². The van der Waals surface area contributed by atoms with Crippen LogP contribution >= 0.6 is 0 Å². The molecule has 0 aromatic heterocycles. The largest absolute Gasteiger partial charge is 0.330 e. The minimum absolute atomic E-state index is 0.148. The van der Waals surface area contributed by atoms with Gasteiger partial charge in [-0.25, -0.2) is 4.79 Å². The first-order chi connectivity index (χ1) is 8.91. The Bertz CT molecular complexity index is 487. The third-order valence-electron chi connectivity index (χ3n) is 3.32. The van der Waals surface area contributed by atoms with E-state index in [0.29, 0.717) is 6.42 Å². The first kappa shape index (κ1) is 15.0. The summed E-state index contributed by atoms with van der Waals surface area (Å²) in [6.45, 7) is 7.19. The summed E-state index contributed by atoms with van der Waals surface area (Å²) >= 11 is 0.